The van der Waals surface area contributed by atoms with E-state index in [-0.39, 0.29) is 30.9 Å². The lowest BCUT2D eigenvalue weighted by atomic mass is 10.0. The summed E-state index contributed by atoms with van der Waals surface area (Å²) in [5, 5.41) is 5.35. The summed E-state index contributed by atoms with van der Waals surface area (Å²) < 4.78 is 0. The van der Waals surface area contributed by atoms with Crippen LogP contribution in [-0.2, 0) is 17.8 Å². The zero-order valence-electron chi connectivity index (χ0n) is 13.6. The molecule has 4 N–H and O–H groups in total. The van der Waals surface area contributed by atoms with Gasteiger partial charge >= 0.3 is 6.03 Å². The maximum absolute atomic E-state index is 12.1. The van der Waals surface area contributed by atoms with Crippen molar-refractivity contribution in [3.05, 3.63) is 35.4 Å². The van der Waals surface area contributed by atoms with Crippen molar-refractivity contribution in [3.8, 4) is 0 Å². The van der Waals surface area contributed by atoms with E-state index < -0.39 is 5.54 Å². The first kappa shape index (κ1) is 19.3. The van der Waals surface area contributed by atoms with E-state index in [1.54, 1.807) is 4.90 Å². The summed E-state index contributed by atoms with van der Waals surface area (Å²) in [5.74, 6) is -0.232. The molecule has 1 heterocycles. The Morgan fingerprint density at radius 3 is 2.52 bits per heavy atom. The van der Waals surface area contributed by atoms with Gasteiger partial charge in [-0.2, -0.15) is 0 Å². The molecule has 23 heavy (non-hydrogen) atoms. The number of carbonyl (C=O) groups is 2. The highest BCUT2D eigenvalue weighted by molar-refractivity contribution is 5.85. The minimum absolute atomic E-state index is 0. The number of carbonyl (C=O) groups excluding carboxylic acids is 2. The molecular weight excluding hydrogens is 316 g/mol. The van der Waals surface area contributed by atoms with Crippen molar-refractivity contribution in [3.63, 3.8) is 0 Å². The van der Waals surface area contributed by atoms with E-state index in [1.807, 2.05) is 32.0 Å². The lowest BCUT2D eigenvalue weighted by Gasteiger charge is -2.29. The second-order valence-corrected chi connectivity index (χ2v) is 6.36. The highest BCUT2D eigenvalue weighted by Gasteiger charge is 2.20. The molecule has 1 aromatic rings. The van der Waals surface area contributed by atoms with E-state index in [4.69, 9.17) is 5.73 Å². The van der Waals surface area contributed by atoms with Gasteiger partial charge in [0.05, 0.1) is 6.54 Å². The number of hydrogen-bond donors (Lipinski definition) is 3. The molecule has 1 aliphatic rings. The third-order valence-electron chi connectivity index (χ3n) is 3.56. The zero-order chi connectivity index (χ0) is 16.2. The lowest BCUT2D eigenvalue weighted by molar-refractivity contribution is -0.120. The maximum atomic E-state index is 12.1. The number of halogens is 1. The molecule has 2 rings (SSSR count). The Balaban J connectivity index is 0.00000264. The zero-order valence-corrected chi connectivity index (χ0v) is 14.4. The van der Waals surface area contributed by atoms with Gasteiger partial charge in [-0.1, -0.05) is 24.3 Å². The Bertz CT molecular complexity index is 557. The lowest BCUT2D eigenvalue weighted by Crippen LogP contribution is -2.49. The van der Waals surface area contributed by atoms with Crippen LogP contribution >= 0.6 is 12.4 Å². The number of rotatable bonds is 4. The van der Waals surface area contributed by atoms with Crippen molar-refractivity contribution in [2.75, 3.05) is 19.6 Å². The maximum Gasteiger partial charge on any atom is 0.318 e. The van der Waals surface area contributed by atoms with Crippen LogP contribution in [-0.4, -0.2) is 42.0 Å². The number of benzene rings is 1. The molecule has 1 aromatic carbocycles. The normalized spacial score (nSPS) is 13.6. The molecule has 0 spiro atoms. The van der Waals surface area contributed by atoms with E-state index in [1.165, 1.54) is 11.1 Å². The second kappa shape index (κ2) is 8.17. The molecular formula is C16H25ClN4O2. The number of amides is 3. The predicted molar refractivity (Wildman–Crippen MR) is 92.5 cm³/mol. The van der Waals surface area contributed by atoms with E-state index in [2.05, 4.69) is 16.7 Å². The number of nitrogens with two attached hydrogens (primary N) is 1. The summed E-state index contributed by atoms with van der Waals surface area (Å²) in [6.45, 7) is 5.25. The van der Waals surface area contributed by atoms with Crippen LogP contribution in [0.1, 0.15) is 25.0 Å². The van der Waals surface area contributed by atoms with Gasteiger partial charge in [-0.05, 0) is 31.4 Å². The van der Waals surface area contributed by atoms with Crippen LogP contribution in [0.25, 0.3) is 0 Å². The fourth-order valence-corrected chi connectivity index (χ4v) is 2.33. The average molecular weight is 341 g/mol. The van der Waals surface area contributed by atoms with Gasteiger partial charge in [0.25, 0.3) is 0 Å². The van der Waals surface area contributed by atoms with E-state index in [0.29, 0.717) is 19.6 Å². The number of fused-ring (bicyclic) bond motifs is 1. The van der Waals surface area contributed by atoms with Crippen molar-refractivity contribution in [2.45, 2.75) is 32.4 Å². The minimum Gasteiger partial charge on any atom is -0.353 e. The molecule has 0 saturated heterocycles. The SMILES string of the molecule is CC(C)(N)CNC(=O)CNC(=O)N1CCc2ccccc2C1.Cl. The number of nitrogens with zero attached hydrogens (tertiary/aromatic N) is 1. The van der Waals surface area contributed by atoms with Gasteiger partial charge in [-0.25, -0.2) is 4.79 Å². The minimum atomic E-state index is -0.462. The Kier molecular flexibility index (Phi) is 6.84. The topological polar surface area (TPSA) is 87.5 Å². The van der Waals surface area contributed by atoms with Gasteiger partial charge in [0.1, 0.15) is 0 Å². The van der Waals surface area contributed by atoms with Gasteiger partial charge in [-0.3, -0.25) is 4.79 Å². The summed E-state index contributed by atoms with van der Waals surface area (Å²) >= 11 is 0. The fourth-order valence-electron chi connectivity index (χ4n) is 2.33. The Morgan fingerprint density at radius 1 is 1.22 bits per heavy atom. The largest absolute Gasteiger partial charge is 0.353 e. The van der Waals surface area contributed by atoms with Crippen LogP contribution in [0, 0.1) is 0 Å². The van der Waals surface area contributed by atoms with Crippen molar-refractivity contribution >= 4 is 24.3 Å². The van der Waals surface area contributed by atoms with Crippen LogP contribution in [0.15, 0.2) is 24.3 Å². The van der Waals surface area contributed by atoms with Crippen LogP contribution in [0.5, 0.6) is 0 Å². The second-order valence-electron chi connectivity index (χ2n) is 6.36. The number of nitrogens with one attached hydrogen (secondary N) is 2. The summed E-state index contributed by atoms with van der Waals surface area (Å²) in [7, 11) is 0. The highest BCUT2D eigenvalue weighted by atomic mass is 35.5. The summed E-state index contributed by atoms with van der Waals surface area (Å²) in [5.41, 5.74) is 7.78. The number of urea groups is 1. The quantitative estimate of drug-likeness (QED) is 0.765. The van der Waals surface area contributed by atoms with Gasteiger partial charge in [0.2, 0.25) is 5.91 Å². The molecule has 0 radical (unpaired) electrons. The smallest absolute Gasteiger partial charge is 0.318 e. The van der Waals surface area contributed by atoms with Crippen molar-refractivity contribution in [1.29, 1.82) is 0 Å². The van der Waals surface area contributed by atoms with Crippen molar-refractivity contribution < 1.29 is 9.59 Å². The number of hydrogen-bond acceptors (Lipinski definition) is 3. The van der Waals surface area contributed by atoms with E-state index >= 15 is 0 Å². The van der Waals surface area contributed by atoms with Gasteiger partial charge in [-0.15, -0.1) is 12.4 Å². The summed E-state index contributed by atoms with van der Waals surface area (Å²) in [6.07, 6.45) is 0.844. The summed E-state index contributed by atoms with van der Waals surface area (Å²) in [4.78, 5) is 25.5. The average Bonchev–Trinajstić information content (AvgIpc) is 2.49. The molecule has 0 unspecified atom stereocenters. The van der Waals surface area contributed by atoms with Crippen molar-refractivity contribution in [1.82, 2.24) is 15.5 Å². The Morgan fingerprint density at radius 2 is 1.87 bits per heavy atom. The summed E-state index contributed by atoms with van der Waals surface area (Å²) in [6, 6.07) is 7.90. The third kappa shape index (κ3) is 6.08. The monoisotopic (exact) mass is 340 g/mol. The van der Waals surface area contributed by atoms with Crippen LogP contribution in [0.2, 0.25) is 0 Å². The highest BCUT2D eigenvalue weighted by Crippen LogP contribution is 2.18. The third-order valence-corrected chi connectivity index (χ3v) is 3.56. The first-order chi connectivity index (χ1) is 10.3. The van der Waals surface area contributed by atoms with Crippen LogP contribution in [0.4, 0.5) is 4.79 Å². The van der Waals surface area contributed by atoms with Gasteiger partial charge < -0.3 is 21.3 Å². The molecule has 6 nitrogen and oxygen atoms in total. The van der Waals surface area contributed by atoms with Crippen LogP contribution in [0.3, 0.4) is 0 Å². The Labute approximate surface area is 143 Å². The fraction of sp³-hybridized carbons (Fsp3) is 0.500. The predicted octanol–water partition coefficient (Wildman–Crippen LogP) is 1.03. The van der Waals surface area contributed by atoms with Gasteiger partial charge in [0.15, 0.2) is 0 Å². The molecule has 128 valence electrons. The standard InChI is InChI=1S/C16H24N4O2.ClH/c1-16(2,17)11-19-14(21)9-18-15(22)20-8-7-12-5-3-4-6-13(12)10-20;/h3-6H,7-11,17H2,1-2H3,(H,18,22)(H,19,21);1H. The van der Waals surface area contributed by atoms with Gasteiger partial charge in [0, 0.05) is 25.2 Å². The first-order valence-electron chi connectivity index (χ1n) is 7.50. The molecule has 0 bridgehead atoms. The molecule has 0 aromatic heterocycles. The molecule has 3 amide bonds. The molecule has 0 aliphatic carbocycles. The first-order valence-corrected chi connectivity index (χ1v) is 7.50. The Hall–Kier alpha value is -1.79. The van der Waals surface area contributed by atoms with Crippen molar-refractivity contribution in [2.24, 2.45) is 5.73 Å². The molecule has 0 fully saturated rings. The molecule has 0 saturated carbocycles. The van der Waals surface area contributed by atoms with E-state index in [0.717, 1.165) is 6.42 Å². The van der Waals surface area contributed by atoms with Crippen LogP contribution < -0.4 is 16.4 Å². The molecule has 1 aliphatic heterocycles. The van der Waals surface area contributed by atoms with E-state index in [9.17, 15) is 9.59 Å². The molecule has 0 atom stereocenters. The molecule has 7 heteroatoms.